The van der Waals surface area contributed by atoms with Crippen molar-refractivity contribution in [2.24, 2.45) is 0 Å². The van der Waals surface area contributed by atoms with Gasteiger partial charge in [-0.25, -0.2) is 8.78 Å². The van der Waals surface area contributed by atoms with E-state index in [-0.39, 0.29) is 5.56 Å². The largest absolute Gasteiger partial charge is 0.493 e. The summed E-state index contributed by atoms with van der Waals surface area (Å²) < 4.78 is 33.1. The lowest BCUT2D eigenvalue weighted by Gasteiger charge is -2.17. The first-order chi connectivity index (χ1) is 9.54. The average molecular weight is 343 g/mol. The summed E-state index contributed by atoms with van der Waals surface area (Å²) in [5.41, 5.74) is 0.259. The van der Waals surface area contributed by atoms with Crippen molar-refractivity contribution in [3.8, 4) is 5.75 Å². The Hall–Kier alpha value is -1.46. The smallest absolute Gasteiger partial charge is 0.164 e. The van der Waals surface area contributed by atoms with Gasteiger partial charge in [-0.3, -0.25) is 0 Å². The van der Waals surface area contributed by atoms with E-state index in [0.29, 0.717) is 22.4 Å². The van der Waals surface area contributed by atoms with Crippen LogP contribution in [0.4, 0.5) is 8.78 Å². The van der Waals surface area contributed by atoms with Crippen LogP contribution in [0, 0.1) is 11.6 Å². The summed E-state index contributed by atoms with van der Waals surface area (Å²) in [5, 5.41) is 10.3. The van der Waals surface area contributed by atoms with E-state index in [1.165, 1.54) is 12.1 Å². The molecule has 0 fully saturated rings. The molecule has 2 rings (SSSR count). The predicted molar refractivity (Wildman–Crippen MR) is 75.7 cm³/mol. The number of halogens is 3. The molecule has 0 aromatic heterocycles. The third-order valence-corrected chi connectivity index (χ3v) is 3.34. The van der Waals surface area contributed by atoms with Crippen molar-refractivity contribution >= 4 is 15.9 Å². The van der Waals surface area contributed by atoms with Crippen molar-refractivity contribution in [3.63, 3.8) is 0 Å². The standard InChI is InChI=1S/C15H13BrF2O2/c1-2-20-13-7-6-9(16)8-11(13)15(19)10-4-3-5-12(17)14(10)18/h3-8,15,19H,2H2,1H3. The fourth-order valence-corrected chi connectivity index (χ4v) is 2.30. The van der Waals surface area contributed by atoms with Crippen LogP contribution in [-0.2, 0) is 0 Å². The highest BCUT2D eigenvalue weighted by Crippen LogP contribution is 2.34. The molecule has 0 spiro atoms. The van der Waals surface area contributed by atoms with Crippen LogP contribution < -0.4 is 4.74 Å². The van der Waals surface area contributed by atoms with Gasteiger partial charge in [0.05, 0.1) is 6.61 Å². The maximum atomic E-state index is 13.8. The van der Waals surface area contributed by atoms with Gasteiger partial charge in [-0.05, 0) is 31.2 Å². The normalized spacial score (nSPS) is 12.2. The molecule has 20 heavy (non-hydrogen) atoms. The zero-order valence-corrected chi connectivity index (χ0v) is 12.3. The van der Waals surface area contributed by atoms with E-state index < -0.39 is 17.7 Å². The van der Waals surface area contributed by atoms with Gasteiger partial charge in [0.2, 0.25) is 0 Å². The minimum absolute atomic E-state index is 0.121. The minimum Gasteiger partial charge on any atom is -0.493 e. The highest BCUT2D eigenvalue weighted by Gasteiger charge is 2.21. The van der Waals surface area contributed by atoms with E-state index in [1.807, 2.05) is 0 Å². The van der Waals surface area contributed by atoms with E-state index in [2.05, 4.69) is 15.9 Å². The van der Waals surface area contributed by atoms with E-state index in [0.717, 1.165) is 6.07 Å². The van der Waals surface area contributed by atoms with Crippen LogP contribution in [0.15, 0.2) is 40.9 Å². The number of aliphatic hydroxyl groups excluding tert-OH is 1. The molecule has 1 N–H and O–H groups in total. The SMILES string of the molecule is CCOc1ccc(Br)cc1C(O)c1cccc(F)c1F. The first-order valence-corrected chi connectivity index (χ1v) is 6.88. The number of benzene rings is 2. The molecule has 0 saturated carbocycles. The first kappa shape index (κ1) is 14.9. The molecule has 5 heteroatoms. The van der Waals surface area contributed by atoms with Gasteiger partial charge >= 0.3 is 0 Å². The van der Waals surface area contributed by atoms with Crippen molar-refractivity contribution in [1.29, 1.82) is 0 Å². The summed E-state index contributed by atoms with van der Waals surface area (Å²) in [4.78, 5) is 0. The lowest BCUT2D eigenvalue weighted by Crippen LogP contribution is -2.07. The average Bonchev–Trinajstić information content (AvgIpc) is 2.43. The lowest BCUT2D eigenvalue weighted by molar-refractivity contribution is 0.205. The molecule has 1 atom stereocenters. The maximum Gasteiger partial charge on any atom is 0.164 e. The zero-order valence-electron chi connectivity index (χ0n) is 10.7. The molecule has 106 valence electrons. The topological polar surface area (TPSA) is 29.5 Å². The molecule has 0 radical (unpaired) electrons. The minimum atomic E-state index is -1.30. The van der Waals surface area contributed by atoms with Gasteiger partial charge in [0.1, 0.15) is 11.9 Å². The summed E-state index contributed by atoms with van der Waals surface area (Å²) in [6.07, 6.45) is -1.30. The quantitative estimate of drug-likeness (QED) is 0.901. The molecule has 0 aliphatic carbocycles. The Kier molecular flexibility index (Phi) is 4.73. The maximum absolute atomic E-state index is 13.8. The molecule has 2 aromatic carbocycles. The predicted octanol–water partition coefficient (Wildman–Crippen LogP) is 4.21. The second-order valence-corrected chi connectivity index (χ2v) is 5.08. The van der Waals surface area contributed by atoms with Crippen LogP contribution in [0.25, 0.3) is 0 Å². The van der Waals surface area contributed by atoms with Gasteiger partial charge in [0, 0.05) is 15.6 Å². The molecular formula is C15H13BrF2O2. The molecule has 2 aromatic rings. The van der Waals surface area contributed by atoms with Crippen molar-refractivity contribution in [3.05, 3.63) is 63.6 Å². The van der Waals surface area contributed by atoms with Gasteiger partial charge in [0.25, 0.3) is 0 Å². The van der Waals surface area contributed by atoms with Crippen molar-refractivity contribution in [1.82, 2.24) is 0 Å². The van der Waals surface area contributed by atoms with E-state index >= 15 is 0 Å². The summed E-state index contributed by atoms with van der Waals surface area (Å²) in [7, 11) is 0. The number of rotatable bonds is 4. The number of hydrogen-bond acceptors (Lipinski definition) is 2. The molecule has 0 saturated heterocycles. The number of hydrogen-bond donors (Lipinski definition) is 1. The molecule has 0 amide bonds. The molecule has 1 unspecified atom stereocenters. The van der Waals surface area contributed by atoms with Crippen LogP contribution >= 0.6 is 15.9 Å². The summed E-state index contributed by atoms with van der Waals surface area (Å²) in [6, 6.07) is 8.76. The monoisotopic (exact) mass is 342 g/mol. The number of aliphatic hydroxyl groups is 1. The van der Waals surface area contributed by atoms with Crippen LogP contribution in [0.2, 0.25) is 0 Å². The molecule has 0 aliphatic rings. The van der Waals surface area contributed by atoms with Gasteiger partial charge in [-0.1, -0.05) is 28.1 Å². The van der Waals surface area contributed by atoms with Crippen molar-refractivity contribution in [2.45, 2.75) is 13.0 Å². The fourth-order valence-electron chi connectivity index (χ4n) is 1.92. The van der Waals surface area contributed by atoms with Crippen LogP contribution in [0.5, 0.6) is 5.75 Å². The van der Waals surface area contributed by atoms with E-state index in [4.69, 9.17) is 4.74 Å². The third-order valence-electron chi connectivity index (χ3n) is 2.84. The van der Waals surface area contributed by atoms with Gasteiger partial charge in [-0.2, -0.15) is 0 Å². The second kappa shape index (κ2) is 6.33. The van der Waals surface area contributed by atoms with Gasteiger partial charge in [-0.15, -0.1) is 0 Å². The molecule has 0 bridgehead atoms. The summed E-state index contributed by atoms with van der Waals surface area (Å²) in [6.45, 7) is 2.22. The zero-order chi connectivity index (χ0) is 14.7. The Morgan fingerprint density at radius 2 is 1.95 bits per heavy atom. The second-order valence-electron chi connectivity index (χ2n) is 4.16. The van der Waals surface area contributed by atoms with Gasteiger partial charge < -0.3 is 9.84 Å². The highest BCUT2D eigenvalue weighted by atomic mass is 79.9. The Bertz CT molecular complexity index is 617. The van der Waals surface area contributed by atoms with Crippen molar-refractivity contribution in [2.75, 3.05) is 6.61 Å². The van der Waals surface area contributed by atoms with Gasteiger partial charge in [0.15, 0.2) is 11.6 Å². The molecule has 0 aliphatic heterocycles. The van der Waals surface area contributed by atoms with Crippen LogP contribution in [0.1, 0.15) is 24.2 Å². The molecule has 2 nitrogen and oxygen atoms in total. The number of ether oxygens (including phenoxy) is 1. The van der Waals surface area contributed by atoms with E-state index in [9.17, 15) is 13.9 Å². The van der Waals surface area contributed by atoms with Crippen LogP contribution in [0.3, 0.4) is 0 Å². The Balaban J connectivity index is 2.49. The molecular weight excluding hydrogens is 330 g/mol. The Labute approximate surface area is 124 Å². The summed E-state index contributed by atoms with van der Waals surface area (Å²) in [5.74, 6) is -1.61. The van der Waals surface area contributed by atoms with E-state index in [1.54, 1.807) is 25.1 Å². The first-order valence-electron chi connectivity index (χ1n) is 6.08. The Morgan fingerprint density at radius 1 is 1.20 bits per heavy atom. The van der Waals surface area contributed by atoms with Crippen molar-refractivity contribution < 1.29 is 18.6 Å². The summed E-state index contributed by atoms with van der Waals surface area (Å²) >= 11 is 3.29. The highest BCUT2D eigenvalue weighted by molar-refractivity contribution is 9.10. The third kappa shape index (κ3) is 2.99. The van der Waals surface area contributed by atoms with Crippen LogP contribution in [-0.4, -0.2) is 11.7 Å². The fraction of sp³-hybridized carbons (Fsp3) is 0.200. The molecule has 0 heterocycles. The Morgan fingerprint density at radius 3 is 2.65 bits per heavy atom. The lowest BCUT2D eigenvalue weighted by atomic mass is 10.00.